The Morgan fingerprint density at radius 2 is 1.57 bits per heavy atom. The Morgan fingerprint density at radius 1 is 0.933 bits per heavy atom. The first-order valence-corrected chi connectivity index (χ1v) is 10.0. The summed E-state index contributed by atoms with van der Waals surface area (Å²) in [4.78, 5) is 20.0. The number of nitrogens with zero attached hydrogens (tertiary/aromatic N) is 4. The van der Waals surface area contributed by atoms with E-state index in [4.69, 9.17) is 0 Å². The van der Waals surface area contributed by atoms with Gasteiger partial charge in [-0.05, 0) is 24.3 Å². The molecule has 0 atom stereocenters. The maximum absolute atomic E-state index is 12.3. The van der Waals surface area contributed by atoms with E-state index in [0.29, 0.717) is 0 Å². The molecule has 0 saturated carbocycles. The number of amides is 1. The van der Waals surface area contributed by atoms with Gasteiger partial charge in [0.25, 0.3) is 0 Å². The van der Waals surface area contributed by atoms with E-state index in [-0.39, 0.29) is 5.69 Å². The number of benzene rings is 2. The van der Waals surface area contributed by atoms with Crippen LogP contribution < -0.4 is 15.1 Å². The molecule has 1 aromatic heterocycles. The van der Waals surface area contributed by atoms with Gasteiger partial charge in [0.2, 0.25) is 5.13 Å². The molecule has 0 spiro atoms. The summed E-state index contributed by atoms with van der Waals surface area (Å²) in [5.74, 6) is -1.26. The Morgan fingerprint density at radius 3 is 2.20 bits per heavy atom. The van der Waals surface area contributed by atoms with Gasteiger partial charge in [-0.3, -0.25) is 4.79 Å². The van der Waals surface area contributed by atoms with Gasteiger partial charge in [-0.15, -0.1) is 0 Å². The maximum atomic E-state index is 12.3. The first-order valence-electron chi connectivity index (χ1n) is 9.27. The van der Waals surface area contributed by atoms with E-state index in [0.717, 1.165) is 48.4 Å². The summed E-state index contributed by atoms with van der Waals surface area (Å²) in [5.41, 5.74) is 1.99. The predicted molar refractivity (Wildman–Crippen MR) is 111 cm³/mol. The number of aromatic nitrogens is 2. The molecule has 1 amide bonds. The molecule has 2 aromatic carbocycles. The third kappa shape index (κ3) is 4.54. The number of carbonyl (C=O) groups is 1. The summed E-state index contributed by atoms with van der Waals surface area (Å²) < 4.78 is 41.5. The van der Waals surface area contributed by atoms with E-state index in [1.165, 1.54) is 23.7 Å². The number of hydrogen-bond donors (Lipinski definition) is 1. The zero-order chi connectivity index (χ0) is 21.1. The quantitative estimate of drug-likeness (QED) is 0.673. The minimum atomic E-state index is -4.90. The zero-order valence-electron chi connectivity index (χ0n) is 15.8. The minimum absolute atomic E-state index is 0.113. The second kappa shape index (κ2) is 8.31. The van der Waals surface area contributed by atoms with Crippen LogP contribution in [0.1, 0.15) is 0 Å². The van der Waals surface area contributed by atoms with E-state index in [9.17, 15) is 18.0 Å². The van der Waals surface area contributed by atoms with Crippen LogP contribution in [-0.2, 0) is 4.79 Å². The third-order valence-corrected chi connectivity index (χ3v) is 5.52. The molecular formula is C20H18F3N5OS. The fraction of sp³-hybridized carbons (Fsp3) is 0.250. The van der Waals surface area contributed by atoms with Crippen LogP contribution in [0.25, 0.3) is 11.4 Å². The number of halogens is 3. The van der Waals surface area contributed by atoms with Crippen LogP contribution in [0.4, 0.5) is 29.7 Å². The van der Waals surface area contributed by atoms with Crippen LogP contribution >= 0.6 is 11.5 Å². The van der Waals surface area contributed by atoms with Crippen LogP contribution in [0.15, 0.2) is 54.6 Å². The lowest BCUT2D eigenvalue weighted by Crippen LogP contribution is -2.46. The van der Waals surface area contributed by atoms with Gasteiger partial charge < -0.3 is 15.1 Å². The van der Waals surface area contributed by atoms with Gasteiger partial charge in [0, 0.05) is 54.6 Å². The number of alkyl halides is 3. The van der Waals surface area contributed by atoms with E-state index < -0.39 is 12.1 Å². The molecule has 156 valence electrons. The molecule has 30 heavy (non-hydrogen) atoms. The maximum Gasteiger partial charge on any atom is 0.471 e. The lowest BCUT2D eigenvalue weighted by molar-refractivity contribution is -0.167. The van der Waals surface area contributed by atoms with Crippen molar-refractivity contribution in [3.63, 3.8) is 0 Å². The molecular weight excluding hydrogens is 415 g/mol. The molecule has 0 aliphatic carbocycles. The van der Waals surface area contributed by atoms with Crippen LogP contribution in [0.2, 0.25) is 0 Å². The second-order valence-corrected chi connectivity index (χ2v) is 7.47. The first kappa shape index (κ1) is 20.1. The fourth-order valence-electron chi connectivity index (χ4n) is 3.16. The van der Waals surface area contributed by atoms with Gasteiger partial charge >= 0.3 is 12.1 Å². The van der Waals surface area contributed by atoms with E-state index in [2.05, 4.69) is 19.2 Å². The molecule has 10 heteroatoms. The number of hydrogen-bond acceptors (Lipinski definition) is 6. The highest BCUT2D eigenvalue weighted by molar-refractivity contribution is 7.09. The van der Waals surface area contributed by atoms with Crippen molar-refractivity contribution in [3.8, 4) is 11.4 Å². The zero-order valence-corrected chi connectivity index (χ0v) is 16.6. The van der Waals surface area contributed by atoms with E-state index in [1.807, 2.05) is 35.6 Å². The molecule has 1 aliphatic heterocycles. The molecule has 0 radical (unpaired) electrons. The van der Waals surface area contributed by atoms with Crippen molar-refractivity contribution in [1.29, 1.82) is 0 Å². The fourth-order valence-corrected chi connectivity index (χ4v) is 3.90. The summed E-state index contributed by atoms with van der Waals surface area (Å²) in [5, 5.41) is 2.73. The Balaban J connectivity index is 1.35. The van der Waals surface area contributed by atoms with Gasteiger partial charge in [0.1, 0.15) is 0 Å². The van der Waals surface area contributed by atoms with Crippen LogP contribution in [0, 0.1) is 0 Å². The van der Waals surface area contributed by atoms with Crippen LogP contribution in [0.5, 0.6) is 0 Å². The highest BCUT2D eigenvalue weighted by Gasteiger charge is 2.38. The molecule has 0 bridgehead atoms. The molecule has 3 aromatic rings. The molecule has 1 aliphatic rings. The van der Waals surface area contributed by atoms with Gasteiger partial charge in [-0.25, -0.2) is 0 Å². The largest absolute Gasteiger partial charge is 0.471 e. The lowest BCUT2D eigenvalue weighted by Gasteiger charge is -2.35. The molecule has 2 heterocycles. The van der Waals surface area contributed by atoms with Crippen molar-refractivity contribution in [2.45, 2.75) is 6.18 Å². The topological polar surface area (TPSA) is 61.4 Å². The van der Waals surface area contributed by atoms with Gasteiger partial charge in [0.05, 0.1) is 0 Å². The first-order chi connectivity index (χ1) is 14.4. The molecule has 0 unspecified atom stereocenters. The van der Waals surface area contributed by atoms with E-state index >= 15 is 0 Å². The third-order valence-electron chi connectivity index (χ3n) is 4.75. The average Bonchev–Trinajstić information content (AvgIpc) is 3.25. The van der Waals surface area contributed by atoms with Crippen LogP contribution in [0.3, 0.4) is 0 Å². The Kier molecular flexibility index (Phi) is 5.58. The Bertz CT molecular complexity index is 999. The SMILES string of the molecule is O=C(Nc1ccc(N2CCN(c3nc(-c4ccccc4)ns3)CC2)cc1)C(F)(F)F. The van der Waals surface area contributed by atoms with Crippen molar-refractivity contribution in [1.82, 2.24) is 9.36 Å². The smallest absolute Gasteiger partial charge is 0.368 e. The van der Waals surface area contributed by atoms with Crippen molar-refractivity contribution >= 4 is 33.9 Å². The van der Waals surface area contributed by atoms with Gasteiger partial charge in [-0.2, -0.15) is 22.5 Å². The molecule has 1 N–H and O–H groups in total. The van der Waals surface area contributed by atoms with E-state index in [1.54, 1.807) is 12.1 Å². The summed E-state index contributed by atoms with van der Waals surface area (Å²) in [6.07, 6.45) is -4.90. The Hall–Kier alpha value is -3.14. The lowest BCUT2D eigenvalue weighted by atomic mass is 10.2. The average molecular weight is 433 g/mol. The summed E-state index contributed by atoms with van der Waals surface area (Å²) in [6.45, 7) is 3.01. The van der Waals surface area contributed by atoms with Crippen molar-refractivity contribution in [2.75, 3.05) is 41.3 Å². The number of nitrogens with one attached hydrogen (secondary N) is 1. The summed E-state index contributed by atoms with van der Waals surface area (Å²) in [6, 6.07) is 16.2. The van der Waals surface area contributed by atoms with Crippen molar-refractivity contribution < 1.29 is 18.0 Å². The number of anilines is 3. The number of rotatable bonds is 4. The molecule has 4 rings (SSSR count). The minimum Gasteiger partial charge on any atom is -0.368 e. The molecule has 6 nitrogen and oxygen atoms in total. The second-order valence-electron chi connectivity index (χ2n) is 6.74. The monoisotopic (exact) mass is 433 g/mol. The standard InChI is InChI=1S/C20H18F3N5OS/c21-20(22,23)18(29)24-15-6-8-16(9-7-15)27-10-12-28(13-11-27)19-25-17(26-30-19)14-4-2-1-3-5-14/h1-9H,10-13H2,(H,24,29). The molecule has 1 fully saturated rings. The highest BCUT2D eigenvalue weighted by atomic mass is 32.1. The van der Waals surface area contributed by atoms with Crippen LogP contribution in [-0.4, -0.2) is 47.6 Å². The van der Waals surface area contributed by atoms with Gasteiger partial charge in [-0.1, -0.05) is 30.3 Å². The van der Waals surface area contributed by atoms with Gasteiger partial charge in [0.15, 0.2) is 5.82 Å². The highest BCUT2D eigenvalue weighted by Crippen LogP contribution is 2.26. The summed E-state index contributed by atoms with van der Waals surface area (Å²) >= 11 is 1.37. The number of piperazine rings is 1. The van der Waals surface area contributed by atoms with Crippen molar-refractivity contribution in [2.24, 2.45) is 0 Å². The predicted octanol–water partition coefficient (Wildman–Crippen LogP) is 4.03. The normalized spacial score (nSPS) is 14.6. The van der Waals surface area contributed by atoms with Crippen molar-refractivity contribution in [3.05, 3.63) is 54.6 Å². The Labute approximate surface area is 175 Å². The summed E-state index contributed by atoms with van der Waals surface area (Å²) in [7, 11) is 0. The molecule has 1 saturated heterocycles. The number of carbonyl (C=O) groups excluding carboxylic acids is 1.